The second-order valence-corrected chi connectivity index (χ2v) is 6.51. The van der Waals surface area contributed by atoms with Gasteiger partial charge in [0.1, 0.15) is 10.2 Å². The number of rotatable bonds is 2. The number of carbonyl (C=O) groups is 1. The summed E-state index contributed by atoms with van der Waals surface area (Å²) in [7, 11) is 0. The fourth-order valence-corrected chi connectivity index (χ4v) is 3.84. The highest BCUT2D eigenvalue weighted by Crippen LogP contribution is 2.34. The number of aromatic nitrogens is 3. The van der Waals surface area contributed by atoms with E-state index in [0.29, 0.717) is 17.7 Å². The van der Waals surface area contributed by atoms with Gasteiger partial charge in [0.05, 0.1) is 11.3 Å². The van der Waals surface area contributed by atoms with E-state index in [1.807, 2.05) is 18.2 Å². The molecule has 8 heteroatoms. The van der Waals surface area contributed by atoms with Gasteiger partial charge in [0.2, 0.25) is 4.96 Å². The molecule has 7 nitrogen and oxygen atoms in total. The summed E-state index contributed by atoms with van der Waals surface area (Å²) in [6.07, 6.45) is 1.63. The summed E-state index contributed by atoms with van der Waals surface area (Å²) in [6.45, 7) is 5.51. The summed E-state index contributed by atoms with van der Waals surface area (Å²) in [6, 6.07) is 7.26. The zero-order chi connectivity index (χ0) is 17.7. The first-order chi connectivity index (χ1) is 12.0. The van der Waals surface area contributed by atoms with Crippen molar-refractivity contribution in [3.05, 3.63) is 73.4 Å². The Morgan fingerprint density at radius 2 is 2.00 bits per heavy atom. The van der Waals surface area contributed by atoms with Crippen molar-refractivity contribution in [2.75, 3.05) is 11.4 Å². The third kappa shape index (κ3) is 2.14. The van der Waals surface area contributed by atoms with Crippen LogP contribution in [0.1, 0.15) is 11.3 Å². The van der Waals surface area contributed by atoms with Crippen molar-refractivity contribution in [2.45, 2.75) is 6.92 Å². The van der Waals surface area contributed by atoms with Gasteiger partial charge in [0.25, 0.3) is 17.0 Å². The lowest BCUT2D eigenvalue weighted by Crippen LogP contribution is -2.33. The van der Waals surface area contributed by atoms with Gasteiger partial charge in [-0.25, -0.2) is 0 Å². The average molecular weight is 352 g/mol. The molecule has 2 aromatic heterocycles. The van der Waals surface area contributed by atoms with E-state index < -0.39 is 11.1 Å². The lowest BCUT2D eigenvalue weighted by atomic mass is 10.1. The molecule has 0 atom stereocenters. The zero-order valence-electron chi connectivity index (χ0n) is 13.2. The highest BCUT2D eigenvalue weighted by atomic mass is 32.1. The molecule has 0 aliphatic carbocycles. The molecule has 3 heterocycles. The highest BCUT2D eigenvalue weighted by Gasteiger charge is 2.33. The molecule has 3 aromatic rings. The van der Waals surface area contributed by atoms with Crippen molar-refractivity contribution in [2.24, 2.45) is 0 Å². The summed E-state index contributed by atoms with van der Waals surface area (Å²) in [5.41, 5.74) is 0.919. The van der Waals surface area contributed by atoms with Crippen LogP contribution in [0.15, 0.2) is 46.5 Å². The van der Waals surface area contributed by atoms with E-state index in [4.69, 9.17) is 0 Å². The summed E-state index contributed by atoms with van der Waals surface area (Å²) in [5.74, 6) is -0.274. The number of carbonyl (C=O) groups excluding carboxylic acids is 1. The molecule has 1 aliphatic heterocycles. The van der Waals surface area contributed by atoms with Gasteiger partial charge in [0, 0.05) is 12.1 Å². The number of hydrogen-bond donors (Lipinski definition) is 0. The fourth-order valence-electron chi connectivity index (χ4n) is 2.85. The Bertz CT molecular complexity index is 1220. The van der Waals surface area contributed by atoms with Crippen LogP contribution >= 0.6 is 11.3 Å². The molecular formula is C17H12N4O3S. The van der Waals surface area contributed by atoms with Gasteiger partial charge in [-0.3, -0.25) is 14.4 Å². The maximum absolute atomic E-state index is 12.9. The molecule has 124 valence electrons. The number of fused-ring (bicyclic) bond motifs is 2. The monoisotopic (exact) mass is 352 g/mol. The van der Waals surface area contributed by atoms with E-state index in [1.165, 1.54) is 6.92 Å². The second-order valence-electron chi connectivity index (χ2n) is 5.53. The van der Waals surface area contributed by atoms with Crippen LogP contribution in [0.3, 0.4) is 0 Å². The highest BCUT2D eigenvalue weighted by molar-refractivity contribution is 7.15. The number of thiazole rings is 1. The van der Waals surface area contributed by atoms with Crippen LogP contribution < -0.4 is 20.6 Å². The van der Waals surface area contributed by atoms with Crippen molar-refractivity contribution in [3.8, 4) is 0 Å². The van der Waals surface area contributed by atoms with Crippen molar-refractivity contribution < 1.29 is 4.79 Å². The maximum atomic E-state index is 12.9. The summed E-state index contributed by atoms with van der Waals surface area (Å²) >= 11 is 0.998. The topological polar surface area (TPSA) is 84.6 Å². The third-order valence-electron chi connectivity index (χ3n) is 3.98. The second kappa shape index (κ2) is 5.45. The van der Waals surface area contributed by atoms with Crippen LogP contribution in [0.5, 0.6) is 0 Å². The van der Waals surface area contributed by atoms with Crippen LogP contribution in [0.2, 0.25) is 0 Å². The van der Waals surface area contributed by atoms with Gasteiger partial charge in [0.15, 0.2) is 0 Å². The number of hydrogen-bond acceptors (Lipinski definition) is 6. The van der Waals surface area contributed by atoms with E-state index >= 15 is 0 Å². The first kappa shape index (κ1) is 15.4. The van der Waals surface area contributed by atoms with Gasteiger partial charge in [-0.15, -0.1) is 6.58 Å². The van der Waals surface area contributed by atoms with E-state index in [1.54, 1.807) is 17.0 Å². The molecular weight excluding hydrogens is 340 g/mol. The minimum absolute atomic E-state index is 0.135. The van der Waals surface area contributed by atoms with E-state index in [2.05, 4.69) is 16.7 Å². The maximum Gasteiger partial charge on any atom is 0.295 e. The van der Waals surface area contributed by atoms with Gasteiger partial charge >= 0.3 is 0 Å². The van der Waals surface area contributed by atoms with Crippen LogP contribution in [0, 0.1) is 6.92 Å². The predicted molar refractivity (Wildman–Crippen MR) is 94.9 cm³/mol. The summed E-state index contributed by atoms with van der Waals surface area (Å²) in [5, 5.41) is 3.99. The van der Waals surface area contributed by atoms with Crippen LogP contribution in [0.25, 0.3) is 10.5 Å². The Balaban J connectivity index is 2.13. The van der Waals surface area contributed by atoms with Crippen molar-refractivity contribution in [3.63, 3.8) is 0 Å². The SMILES string of the molecule is C=CCN1C(=O)C(=c2sc3nc(=O)c(C)nn3c2=O)c2ccccc21. The molecule has 1 amide bonds. The largest absolute Gasteiger partial charge is 0.304 e. The Kier molecular flexibility index (Phi) is 3.36. The van der Waals surface area contributed by atoms with Gasteiger partial charge < -0.3 is 4.90 Å². The van der Waals surface area contributed by atoms with E-state index in [9.17, 15) is 14.4 Å². The molecule has 0 N–H and O–H groups in total. The molecule has 0 fully saturated rings. The first-order valence-electron chi connectivity index (χ1n) is 7.50. The molecule has 1 aromatic carbocycles. The van der Waals surface area contributed by atoms with Crippen LogP contribution in [-0.4, -0.2) is 27.0 Å². The molecule has 1 aliphatic rings. The van der Waals surface area contributed by atoms with Gasteiger partial charge in [-0.2, -0.15) is 14.6 Å². The predicted octanol–water partition coefficient (Wildman–Crippen LogP) is 0.270. The molecule has 0 unspecified atom stereocenters. The number of benzene rings is 1. The first-order valence-corrected chi connectivity index (χ1v) is 8.31. The van der Waals surface area contributed by atoms with Gasteiger partial charge in [-0.05, 0) is 13.0 Å². The molecule has 0 saturated heterocycles. The van der Waals surface area contributed by atoms with Gasteiger partial charge in [-0.1, -0.05) is 35.6 Å². The number of amides is 1. The van der Waals surface area contributed by atoms with Crippen molar-refractivity contribution in [1.82, 2.24) is 14.6 Å². The van der Waals surface area contributed by atoms with Crippen LogP contribution in [-0.2, 0) is 4.79 Å². The Hall–Kier alpha value is -3.13. The molecule has 0 radical (unpaired) electrons. The number of aryl methyl sites for hydroxylation is 1. The molecule has 0 spiro atoms. The van der Waals surface area contributed by atoms with Crippen molar-refractivity contribution in [1.29, 1.82) is 0 Å². The van der Waals surface area contributed by atoms with Crippen LogP contribution in [0.4, 0.5) is 5.69 Å². The summed E-state index contributed by atoms with van der Waals surface area (Å²) < 4.78 is 1.31. The minimum atomic E-state index is -0.482. The third-order valence-corrected chi connectivity index (χ3v) is 5.01. The molecule has 0 bridgehead atoms. The lowest BCUT2D eigenvalue weighted by molar-refractivity contribution is -0.112. The normalized spacial score (nSPS) is 15.7. The number of nitrogens with zero attached hydrogens (tertiary/aromatic N) is 4. The molecule has 0 saturated carbocycles. The quantitative estimate of drug-likeness (QED) is 0.618. The average Bonchev–Trinajstić information content (AvgIpc) is 3.04. The standard InChI is InChI=1S/C17H12N4O3S/c1-3-8-20-11-7-5-4-6-10(11)12(15(20)23)13-16(24)21-17(25-13)18-14(22)9(2)19-21/h3-7H,1,8H2,2H3. The van der Waals surface area contributed by atoms with Crippen molar-refractivity contribution >= 4 is 33.5 Å². The number of anilines is 1. The minimum Gasteiger partial charge on any atom is -0.304 e. The number of para-hydroxylation sites is 1. The van der Waals surface area contributed by atoms with E-state index in [-0.39, 0.29) is 21.1 Å². The lowest BCUT2D eigenvalue weighted by Gasteiger charge is -2.13. The smallest absolute Gasteiger partial charge is 0.295 e. The zero-order valence-corrected chi connectivity index (χ0v) is 14.0. The molecule has 25 heavy (non-hydrogen) atoms. The Morgan fingerprint density at radius 3 is 2.76 bits per heavy atom. The Morgan fingerprint density at radius 1 is 1.24 bits per heavy atom. The van der Waals surface area contributed by atoms with E-state index in [0.717, 1.165) is 21.5 Å². The fraction of sp³-hybridized carbons (Fsp3) is 0.118. The molecule has 4 rings (SSSR count). The summed E-state index contributed by atoms with van der Waals surface area (Å²) in [4.78, 5) is 43.0. The Labute approximate surface area is 145 Å².